The van der Waals surface area contributed by atoms with Gasteiger partial charge >= 0.3 is 5.97 Å². The first-order chi connectivity index (χ1) is 16.9. The molecule has 3 aromatic rings. The standard InChI is InChI=1S/C26H22N2O6S/c1-15-4-7-17(8-5-15)28-24(31)12-18(25(28)22-3-2-10-35-22)26(32)34-13-20(29)16-6-9-21-19(11-16)27-23(30)14-33-21/h2-11,18,25H,12-14H2,1H3,(H,27,30)/t18-,25+/m0/s1. The lowest BCUT2D eigenvalue weighted by Gasteiger charge is -2.27. The molecule has 0 aliphatic carbocycles. The molecule has 5 rings (SSSR count). The molecule has 2 atom stereocenters. The van der Waals surface area contributed by atoms with E-state index in [0.29, 0.717) is 17.1 Å². The van der Waals surface area contributed by atoms with Crippen molar-refractivity contribution < 1.29 is 28.7 Å². The molecule has 2 aromatic carbocycles. The van der Waals surface area contributed by atoms with Gasteiger partial charge in [0, 0.05) is 22.5 Å². The number of benzene rings is 2. The zero-order valence-corrected chi connectivity index (χ0v) is 19.7. The van der Waals surface area contributed by atoms with Crippen molar-refractivity contribution in [1.29, 1.82) is 0 Å². The van der Waals surface area contributed by atoms with Crippen LogP contribution in [-0.2, 0) is 19.1 Å². The molecule has 35 heavy (non-hydrogen) atoms. The molecule has 1 saturated heterocycles. The Kier molecular flexibility index (Phi) is 6.08. The van der Waals surface area contributed by atoms with E-state index in [4.69, 9.17) is 9.47 Å². The number of ketones is 1. The number of hydrogen-bond acceptors (Lipinski definition) is 7. The maximum atomic E-state index is 13.1. The van der Waals surface area contributed by atoms with Crippen LogP contribution in [0.25, 0.3) is 0 Å². The number of fused-ring (bicyclic) bond motifs is 1. The number of nitrogens with one attached hydrogen (secondary N) is 1. The van der Waals surface area contributed by atoms with Gasteiger partial charge in [-0.05, 0) is 48.7 Å². The molecule has 8 nitrogen and oxygen atoms in total. The average Bonchev–Trinajstić information content (AvgIpc) is 3.50. The Balaban J connectivity index is 1.32. The number of nitrogens with zero attached hydrogens (tertiary/aromatic N) is 1. The smallest absolute Gasteiger partial charge is 0.312 e. The van der Waals surface area contributed by atoms with E-state index in [-0.39, 0.29) is 30.4 Å². The van der Waals surface area contributed by atoms with E-state index < -0.39 is 30.3 Å². The fourth-order valence-electron chi connectivity index (χ4n) is 4.32. The highest BCUT2D eigenvalue weighted by atomic mass is 32.1. The van der Waals surface area contributed by atoms with Crippen LogP contribution in [0, 0.1) is 12.8 Å². The molecule has 0 radical (unpaired) electrons. The lowest BCUT2D eigenvalue weighted by molar-refractivity contribution is -0.148. The third-order valence-corrected chi connectivity index (χ3v) is 6.99. The van der Waals surface area contributed by atoms with Crippen molar-refractivity contribution in [2.24, 2.45) is 5.92 Å². The number of thiophene rings is 1. The van der Waals surface area contributed by atoms with Crippen molar-refractivity contribution >= 4 is 46.3 Å². The number of amides is 2. The molecular weight excluding hydrogens is 468 g/mol. The number of carbonyl (C=O) groups is 4. The van der Waals surface area contributed by atoms with Gasteiger partial charge in [0.1, 0.15) is 5.75 Å². The van der Waals surface area contributed by atoms with E-state index in [1.54, 1.807) is 17.0 Å². The summed E-state index contributed by atoms with van der Waals surface area (Å²) in [5, 5.41) is 4.55. The van der Waals surface area contributed by atoms with Crippen molar-refractivity contribution in [2.75, 3.05) is 23.4 Å². The topological polar surface area (TPSA) is 102 Å². The second-order valence-corrected chi connectivity index (χ2v) is 9.43. The molecular formula is C26H22N2O6S. The number of aryl methyl sites for hydroxylation is 1. The number of carbonyl (C=O) groups excluding carboxylic acids is 4. The molecule has 3 heterocycles. The van der Waals surface area contributed by atoms with Crippen molar-refractivity contribution in [3.8, 4) is 5.75 Å². The summed E-state index contributed by atoms with van der Waals surface area (Å²) < 4.78 is 10.7. The molecule has 0 saturated carbocycles. The maximum absolute atomic E-state index is 13.1. The summed E-state index contributed by atoms with van der Waals surface area (Å²) in [4.78, 5) is 52.9. The number of rotatable bonds is 6. The molecule has 1 aromatic heterocycles. The Morgan fingerprint density at radius 2 is 1.94 bits per heavy atom. The van der Waals surface area contributed by atoms with Crippen molar-refractivity contribution in [3.63, 3.8) is 0 Å². The van der Waals surface area contributed by atoms with E-state index in [9.17, 15) is 19.2 Å². The van der Waals surface area contributed by atoms with Crippen LogP contribution in [0.2, 0.25) is 0 Å². The maximum Gasteiger partial charge on any atom is 0.312 e. The lowest BCUT2D eigenvalue weighted by Crippen LogP contribution is -2.31. The van der Waals surface area contributed by atoms with Crippen molar-refractivity contribution in [3.05, 3.63) is 76.0 Å². The van der Waals surface area contributed by atoms with Gasteiger partial charge in [-0.25, -0.2) is 0 Å². The fourth-order valence-corrected chi connectivity index (χ4v) is 5.20. The minimum absolute atomic E-state index is 0.00825. The second-order valence-electron chi connectivity index (χ2n) is 8.45. The highest BCUT2D eigenvalue weighted by Crippen LogP contribution is 2.43. The summed E-state index contributed by atoms with van der Waals surface area (Å²) in [6, 6.07) is 15.5. The minimum Gasteiger partial charge on any atom is -0.482 e. The molecule has 0 unspecified atom stereocenters. The Labute approximate surface area is 205 Å². The summed E-state index contributed by atoms with van der Waals surface area (Å²) in [5.41, 5.74) is 2.45. The molecule has 0 spiro atoms. The van der Waals surface area contributed by atoms with Crippen LogP contribution in [-0.4, -0.2) is 36.8 Å². The van der Waals surface area contributed by atoms with Crippen LogP contribution < -0.4 is 15.0 Å². The summed E-state index contributed by atoms with van der Waals surface area (Å²) in [6.07, 6.45) is -0.00825. The first kappa shape index (κ1) is 22.8. The van der Waals surface area contributed by atoms with Gasteiger partial charge in [-0.2, -0.15) is 0 Å². The largest absolute Gasteiger partial charge is 0.482 e. The number of hydrogen-bond donors (Lipinski definition) is 1. The quantitative estimate of drug-likeness (QED) is 0.415. The van der Waals surface area contributed by atoms with Gasteiger partial charge in [0.15, 0.2) is 19.0 Å². The summed E-state index contributed by atoms with van der Waals surface area (Å²) in [6.45, 7) is 1.41. The van der Waals surface area contributed by atoms with Crippen LogP contribution in [0.3, 0.4) is 0 Å². The predicted octanol–water partition coefficient (Wildman–Crippen LogP) is 3.91. The molecule has 2 aliphatic rings. The second kappa shape index (κ2) is 9.34. The Bertz CT molecular complexity index is 1300. The fraction of sp³-hybridized carbons (Fsp3) is 0.231. The van der Waals surface area contributed by atoms with Gasteiger partial charge in [0.25, 0.3) is 5.91 Å². The van der Waals surface area contributed by atoms with Gasteiger partial charge in [-0.15, -0.1) is 11.3 Å². The Hall–Kier alpha value is -3.98. The van der Waals surface area contributed by atoms with E-state index in [1.807, 2.05) is 48.7 Å². The number of esters is 1. The first-order valence-electron chi connectivity index (χ1n) is 11.1. The number of Topliss-reactive ketones (excluding diaryl/α,β-unsaturated/α-hetero) is 1. The summed E-state index contributed by atoms with van der Waals surface area (Å²) in [5.74, 6) is -1.78. The van der Waals surface area contributed by atoms with Crippen LogP contribution >= 0.6 is 11.3 Å². The van der Waals surface area contributed by atoms with Crippen molar-refractivity contribution in [2.45, 2.75) is 19.4 Å². The van der Waals surface area contributed by atoms with Crippen LogP contribution in [0.5, 0.6) is 5.75 Å². The van der Waals surface area contributed by atoms with Crippen molar-refractivity contribution in [1.82, 2.24) is 0 Å². The van der Waals surface area contributed by atoms with E-state index in [1.165, 1.54) is 17.4 Å². The normalized spacial score (nSPS) is 19.1. The zero-order valence-electron chi connectivity index (χ0n) is 18.9. The minimum atomic E-state index is -0.744. The van der Waals surface area contributed by atoms with Crippen LogP contribution in [0.4, 0.5) is 11.4 Å². The third-order valence-electron chi connectivity index (χ3n) is 6.05. The number of anilines is 2. The predicted molar refractivity (Wildman–Crippen MR) is 130 cm³/mol. The Morgan fingerprint density at radius 3 is 2.69 bits per heavy atom. The zero-order chi connectivity index (χ0) is 24.5. The highest BCUT2D eigenvalue weighted by molar-refractivity contribution is 7.10. The molecule has 178 valence electrons. The molecule has 1 N–H and O–H groups in total. The van der Waals surface area contributed by atoms with Gasteiger partial charge < -0.3 is 19.7 Å². The van der Waals surface area contributed by atoms with Gasteiger partial charge in [0.2, 0.25) is 5.91 Å². The number of ether oxygens (including phenoxy) is 2. The molecule has 1 fully saturated rings. The van der Waals surface area contributed by atoms with Crippen LogP contribution in [0.1, 0.15) is 33.3 Å². The van der Waals surface area contributed by atoms with Gasteiger partial charge in [-0.1, -0.05) is 23.8 Å². The lowest BCUT2D eigenvalue weighted by atomic mass is 9.98. The van der Waals surface area contributed by atoms with E-state index in [2.05, 4.69) is 5.32 Å². The molecule has 0 bridgehead atoms. The SMILES string of the molecule is Cc1ccc(N2C(=O)C[C@H](C(=O)OCC(=O)c3ccc4c(c3)NC(=O)CO4)[C@@H]2c2cccs2)cc1. The summed E-state index contributed by atoms with van der Waals surface area (Å²) in [7, 11) is 0. The van der Waals surface area contributed by atoms with Gasteiger partial charge in [-0.3, -0.25) is 19.2 Å². The highest BCUT2D eigenvalue weighted by Gasteiger charge is 2.46. The average molecular weight is 491 g/mol. The van der Waals surface area contributed by atoms with E-state index >= 15 is 0 Å². The van der Waals surface area contributed by atoms with Gasteiger partial charge in [0.05, 0.1) is 17.6 Å². The molecule has 2 aliphatic heterocycles. The Morgan fingerprint density at radius 1 is 1.14 bits per heavy atom. The molecule has 9 heteroatoms. The third kappa shape index (κ3) is 4.54. The monoisotopic (exact) mass is 490 g/mol. The molecule has 2 amide bonds. The van der Waals surface area contributed by atoms with E-state index in [0.717, 1.165) is 10.4 Å². The van der Waals surface area contributed by atoms with Crippen LogP contribution in [0.15, 0.2) is 60.0 Å². The summed E-state index contributed by atoms with van der Waals surface area (Å²) >= 11 is 1.46. The first-order valence-corrected chi connectivity index (χ1v) is 12.0.